The summed E-state index contributed by atoms with van der Waals surface area (Å²) in [6.45, 7) is 0. The van der Waals surface area contributed by atoms with E-state index >= 15 is 0 Å². The second kappa shape index (κ2) is 4.59. The summed E-state index contributed by atoms with van der Waals surface area (Å²) in [6.07, 6.45) is 2.63. The van der Waals surface area contributed by atoms with Crippen LogP contribution in [0.15, 0.2) is 51.2 Å². The zero-order chi connectivity index (χ0) is 12.5. The van der Waals surface area contributed by atoms with Crippen LogP contribution in [0.3, 0.4) is 0 Å². The van der Waals surface area contributed by atoms with Crippen LogP contribution < -0.4 is 0 Å². The lowest BCUT2D eigenvalue weighted by atomic mass is 10.2. The van der Waals surface area contributed by atoms with Crippen molar-refractivity contribution in [1.29, 1.82) is 0 Å². The summed E-state index contributed by atoms with van der Waals surface area (Å²) < 4.78 is 0. The molecule has 0 fully saturated rings. The second-order valence-electron chi connectivity index (χ2n) is 3.89. The molecule has 2 aromatic carbocycles. The van der Waals surface area contributed by atoms with Gasteiger partial charge < -0.3 is 0 Å². The van der Waals surface area contributed by atoms with Gasteiger partial charge in [0, 0.05) is 32.2 Å². The molecule has 88 valence electrons. The largest absolute Gasteiger partial charge is 0.298 e. The van der Waals surface area contributed by atoms with Crippen LogP contribution in [0.25, 0.3) is 0 Å². The molecular weight excluding hydrogens is 266 g/mol. The fraction of sp³-hybridized carbons (Fsp3) is 0. The van der Waals surface area contributed by atoms with Gasteiger partial charge in [-0.3, -0.25) is 9.79 Å². The summed E-state index contributed by atoms with van der Waals surface area (Å²) in [5.74, 6) is 0. The lowest BCUT2D eigenvalue weighted by Crippen LogP contribution is -1.83. The minimum atomic E-state index is 0.635. The summed E-state index contributed by atoms with van der Waals surface area (Å²) in [5.41, 5.74) is 2.49. The minimum absolute atomic E-state index is 0.635. The zero-order valence-electron chi connectivity index (χ0n) is 9.26. The highest BCUT2D eigenvalue weighted by Gasteiger charge is 2.11. The number of carbonyl (C=O) groups excluding carboxylic acids is 1. The highest BCUT2D eigenvalue weighted by molar-refractivity contribution is 7.99. The fourth-order valence-corrected chi connectivity index (χ4v) is 3.01. The topological polar surface area (TPSA) is 29.4 Å². The van der Waals surface area contributed by atoms with Crippen molar-refractivity contribution in [3.8, 4) is 0 Å². The first-order valence-corrected chi connectivity index (χ1v) is 6.56. The van der Waals surface area contributed by atoms with Crippen molar-refractivity contribution in [2.75, 3.05) is 0 Å². The number of halogens is 1. The first-order valence-electron chi connectivity index (χ1n) is 5.37. The van der Waals surface area contributed by atoms with E-state index in [2.05, 4.69) is 4.99 Å². The zero-order valence-corrected chi connectivity index (χ0v) is 10.8. The van der Waals surface area contributed by atoms with Crippen molar-refractivity contribution >= 4 is 41.6 Å². The third-order valence-electron chi connectivity index (χ3n) is 2.66. The molecule has 1 aliphatic heterocycles. The fourth-order valence-electron chi connectivity index (χ4n) is 1.76. The Balaban J connectivity index is 2.13. The Hall–Kier alpha value is -1.58. The van der Waals surface area contributed by atoms with Crippen molar-refractivity contribution in [2.45, 2.75) is 9.79 Å². The van der Waals surface area contributed by atoms with Crippen LogP contribution in [-0.4, -0.2) is 12.5 Å². The molecule has 18 heavy (non-hydrogen) atoms. The molecule has 0 aromatic heterocycles. The lowest BCUT2D eigenvalue weighted by Gasteiger charge is -2.05. The first-order chi connectivity index (χ1) is 8.76. The Bertz CT molecular complexity index is 667. The summed E-state index contributed by atoms with van der Waals surface area (Å²) in [4.78, 5) is 17.3. The Morgan fingerprint density at radius 2 is 2.00 bits per heavy atom. The maximum absolute atomic E-state index is 10.8. The van der Waals surface area contributed by atoms with E-state index < -0.39 is 0 Å². The van der Waals surface area contributed by atoms with Gasteiger partial charge in [-0.25, -0.2) is 0 Å². The number of rotatable bonds is 1. The summed E-state index contributed by atoms with van der Waals surface area (Å²) in [5, 5.41) is 0.711. The van der Waals surface area contributed by atoms with Crippen LogP contribution in [0.1, 0.15) is 15.9 Å². The third kappa shape index (κ3) is 2.07. The van der Waals surface area contributed by atoms with Crippen LogP contribution in [0.5, 0.6) is 0 Å². The van der Waals surface area contributed by atoms with Gasteiger partial charge in [0.1, 0.15) is 6.29 Å². The van der Waals surface area contributed by atoms with Gasteiger partial charge in [-0.2, -0.15) is 0 Å². The van der Waals surface area contributed by atoms with E-state index in [0.717, 1.165) is 27.3 Å². The minimum Gasteiger partial charge on any atom is -0.298 e. The van der Waals surface area contributed by atoms with Crippen LogP contribution in [-0.2, 0) is 0 Å². The molecule has 0 radical (unpaired) electrons. The van der Waals surface area contributed by atoms with Gasteiger partial charge in [-0.05, 0) is 24.3 Å². The molecule has 0 atom stereocenters. The Morgan fingerprint density at radius 1 is 1.11 bits per heavy atom. The quantitative estimate of drug-likeness (QED) is 0.616. The first kappa shape index (κ1) is 11.5. The molecule has 3 rings (SSSR count). The van der Waals surface area contributed by atoms with Gasteiger partial charge in [0.15, 0.2) is 0 Å². The molecule has 0 spiro atoms. The molecule has 2 aromatic rings. The van der Waals surface area contributed by atoms with E-state index in [0.29, 0.717) is 10.6 Å². The van der Waals surface area contributed by atoms with Crippen LogP contribution >= 0.6 is 23.4 Å². The van der Waals surface area contributed by atoms with Crippen LogP contribution in [0, 0.1) is 0 Å². The highest BCUT2D eigenvalue weighted by Crippen LogP contribution is 2.39. The number of aliphatic imine (C=N–C) groups is 1. The van der Waals surface area contributed by atoms with E-state index in [1.165, 1.54) is 0 Å². The number of aldehydes is 1. The standard InChI is InChI=1S/C14H8ClNOS/c15-11-3-2-10-7-16-12-5-9(8-17)1-4-13(12)18-14(10)6-11/h1-8H. The average Bonchev–Trinajstić information content (AvgIpc) is 2.56. The number of hydrogen-bond donors (Lipinski definition) is 0. The van der Waals surface area contributed by atoms with E-state index in [1.54, 1.807) is 30.1 Å². The average molecular weight is 274 g/mol. The predicted octanol–water partition coefficient (Wildman–Crippen LogP) is 4.37. The SMILES string of the molecule is O=Cc1ccc2c(c1)N=Cc1ccc(Cl)cc1S2. The van der Waals surface area contributed by atoms with Gasteiger partial charge >= 0.3 is 0 Å². The van der Waals surface area contributed by atoms with Crippen molar-refractivity contribution in [1.82, 2.24) is 0 Å². The molecule has 0 unspecified atom stereocenters. The summed E-state index contributed by atoms with van der Waals surface area (Å²) >= 11 is 7.61. The molecule has 1 aliphatic rings. The molecule has 0 saturated carbocycles. The van der Waals surface area contributed by atoms with Gasteiger partial charge in [-0.1, -0.05) is 35.5 Å². The normalized spacial score (nSPS) is 12.5. The molecule has 1 heterocycles. The monoisotopic (exact) mass is 273 g/mol. The van der Waals surface area contributed by atoms with E-state index in [-0.39, 0.29) is 0 Å². The van der Waals surface area contributed by atoms with Gasteiger partial charge in [-0.15, -0.1) is 0 Å². The molecular formula is C14H8ClNOS. The Morgan fingerprint density at radius 3 is 2.83 bits per heavy atom. The second-order valence-corrected chi connectivity index (χ2v) is 5.41. The molecule has 4 heteroatoms. The maximum atomic E-state index is 10.8. The third-order valence-corrected chi connectivity index (χ3v) is 4.03. The van der Waals surface area contributed by atoms with E-state index in [1.807, 2.05) is 24.3 Å². The Kier molecular flexibility index (Phi) is 2.94. The Labute approximate surface area is 114 Å². The number of fused-ring (bicyclic) bond motifs is 2. The molecule has 0 saturated heterocycles. The van der Waals surface area contributed by atoms with Crippen molar-refractivity contribution in [3.05, 3.63) is 52.5 Å². The molecule has 0 aliphatic carbocycles. The summed E-state index contributed by atoms with van der Waals surface area (Å²) in [7, 11) is 0. The molecule has 0 amide bonds. The maximum Gasteiger partial charge on any atom is 0.150 e. The molecule has 0 bridgehead atoms. The van der Waals surface area contributed by atoms with Gasteiger partial charge in [0.05, 0.1) is 5.69 Å². The van der Waals surface area contributed by atoms with Crippen LogP contribution in [0.2, 0.25) is 5.02 Å². The lowest BCUT2D eigenvalue weighted by molar-refractivity contribution is 0.112. The summed E-state index contributed by atoms with van der Waals surface area (Å²) in [6, 6.07) is 11.2. The molecule has 0 N–H and O–H groups in total. The van der Waals surface area contributed by atoms with Crippen molar-refractivity contribution in [2.24, 2.45) is 4.99 Å². The smallest absolute Gasteiger partial charge is 0.150 e. The van der Waals surface area contributed by atoms with Crippen LogP contribution in [0.4, 0.5) is 5.69 Å². The van der Waals surface area contributed by atoms with E-state index in [4.69, 9.17) is 11.6 Å². The number of hydrogen-bond acceptors (Lipinski definition) is 3. The predicted molar refractivity (Wildman–Crippen MR) is 74.7 cm³/mol. The molecule has 2 nitrogen and oxygen atoms in total. The number of carbonyl (C=O) groups is 1. The van der Waals surface area contributed by atoms with E-state index in [9.17, 15) is 4.79 Å². The van der Waals surface area contributed by atoms with Gasteiger partial charge in [0.25, 0.3) is 0 Å². The van der Waals surface area contributed by atoms with Gasteiger partial charge in [0.2, 0.25) is 0 Å². The number of benzene rings is 2. The van der Waals surface area contributed by atoms with Crippen molar-refractivity contribution < 1.29 is 4.79 Å². The highest BCUT2D eigenvalue weighted by atomic mass is 35.5. The van der Waals surface area contributed by atoms with Crippen molar-refractivity contribution in [3.63, 3.8) is 0 Å². The number of nitrogens with zero attached hydrogens (tertiary/aromatic N) is 1.